The quantitative estimate of drug-likeness (QED) is 0.794. The van der Waals surface area contributed by atoms with Gasteiger partial charge in [0.1, 0.15) is 11.9 Å². The number of anilines is 1. The molecule has 0 heterocycles. The van der Waals surface area contributed by atoms with Crippen molar-refractivity contribution in [1.29, 1.82) is 0 Å². The summed E-state index contributed by atoms with van der Waals surface area (Å²) in [6, 6.07) is 7.15. The molecular formula is C17H23NO3. The van der Waals surface area contributed by atoms with Crippen LogP contribution in [0.15, 0.2) is 24.3 Å². The van der Waals surface area contributed by atoms with Crippen LogP contribution in [0.1, 0.15) is 39.2 Å². The van der Waals surface area contributed by atoms with Crippen LogP contribution in [0.3, 0.4) is 0 Å². The summed E-state index contributed by atoms with van der Waals surface area (Å²) in [6.07, 6.45) is 2.37. The lowest BCUT2D eigenvalue weighted by Crippen LogP contribution is -2.45. The van der Waals surface area contributed by atoms with Crippen LogP contribution < -0.4 is 4.90 Å². The van der Waals surface area contributed by atoms with Gasteiger partial charge in [-0.3, -0.25) is 4.90 Å². The number of ether oxygens (including phenoxy) is 1. The first-order valence-electron chi connectivity index (χ1n) is 7.36. The molecule has 2 rings (SSSR count). The Morgan fingerprint density at radius 3 is 2.52 bits per heavy atom. The predicted octanol–water partition coefficient (Wildman–Crippen LogP) is 3.71. The Kier molecular flexibility index (Phi) is 4.35. The van der Waals surface area contributed by atoms with Gasteiger partial charge in [0.15, 0.2) is 0 Å². The van der Waals surface area contributed by atoms with Crippen LogP contribution in [-0.4, -0.2) is 24.0 Å². The number of aldehydes is 1. The molecule has 1 fully saturated rings. The average Bonchev–Trinajstić information content (AvgIpc) is 3.17. The van der Waals surface area contributed by atoms with Crippen molar-refractivity contribution in [2.24, 2.45) is 5.92 Å². The summed E-state index contributed by atoms with van der Waals surface area (Å²) in [4.78, 5) is 25.6. The van der Waals surface area contributed by atoms with Crippen molar-refractivity contribution in [3.63, 3.8) is 0 Å². The van der Waals surface area contributed by atoms with Crippen molar-refractivity contribution in [1.82, 2.24) is 0 Å². The number of amides is 1. The van der Waals surface area contributed by atoms with Gasteiger partial charge in [-0.05, 0) is 64.2 Å². The summed E-state index contributed by atoms with van der Waals surface area (Å²) in [5.41, 5.74) is 1.17. The predicted molar refractivity (Wildman–Crippen MR) is 82.5 cm³/mol. The zero-order valence-electron chi connectivity index (χ0n) is 13.1. The SMILES string of the molecule is Cc1cccc(N(C(=O)OC(C)(C)C)C(C=O)C2CC2)c1. The highest BCUT2D eigenvalue weighted by Gasteiger charge is 2.39. The van der Waals surface area contributed by atoms with Crippen LogP contribution in [0.4, 0.5) is 10.5 Å². The van der Waals surface area contributed by atoms with Crippen molar-refractivity contribution in [2.45, 2.75) is 52.2 Å². The van der Waals surface area contributed by atoms with Crippen molar-refractivity contribution in [3.05, 3.63) is 29.8 Å². The number of carbonyl (C=O) groups excluding carboxylic acids is 2. The monoisotopic (exact) mass is 289 g/mol. The van der Waals surface area contributed by atoms with Gasteiger partial charge in [-0.15, -0.1) is 0 Å². The fourth-order valence-electron chi connectivity index (χ4n) is 2.31. The molecule has 1 aliphatic rings. The molecule has 0 aromatic heterocycles. The van der Waals surface area contributed by atoms with Gasteiger partial charge in [0, 0.05) is 5.69 Å². The Morgan fingerprint density at radius 2 is 2.05 bits per heavy atom. The van der Waals surface area contributed by atoms with E-state index in [1.54, 1.807) is 0 Å². The summed E-state index contributed by atoms with van der Waals surface area (Å²) >= 11 is 0. The molecular weight excluding hydrogens is 266 g/mol. The summed E-state index contributed by atoms with van der Waals surface area (Å²) in [5.74, 6) is 0.246. The fraction of sp³-hybridized carbons (Fsp3) is 0.529. The highest BCUT2D eigenvalue weighted by atomic mass is 16.6. The minimum atomic E-state index is -0.587. The third-order valence-electron chi connectivity index (χ3n) is 3.41. The molecule has 1 atom stereocenters. The van der Waals surface area contributed by atoms with Gasteiger partial charge in [0.05, 0.1) is 6.04 Å². The van der Waals surface area contributed by atoms with E-state index in [1.807, 2.05) is 52.0 Å². The van der Waals surface area contributed by atoms with E-state index in [9.17, 15) is 9.59 Å². The van der Waals surface area contributed by atoms with Crippen LogP contribution >= 0.6 is 0 Å². The third kappa shape index (κ3) is 4.06. The molecule has 4 nitrogen and oxygen atoms in total. The zero-order chi connectivity index (χ0) is 15.6. The average molecular weight is 289 g/mol. The normalized spacial score (nSPS) is 16.2. The highest BCUT2D eigenvalue weighted by molar-refractivity contribution is 5.93. The molecule has 1 aromatic rings. The molecule has 114 valence electrons. The lowest BCUT2D eigenvalue weighted by atomic mass is 10.1. The van der Waals surface area contributed by atoms with Crippen LogP contribution in [0.25, 0.3) is 0 Å². The number of rotatable bonds is 4. The minimum absolute atomic E-state index is 0.246. The number of carbonyl (C=O) groups is 2. The summed E-state index contributed by atoms with van der Waals surface area (Å²) < 4.78 is 5.48. The molecule has 0 bridgehead atoms. The maximum atomic E-state index is 12.5. The number of aryl methyl sites for hydroxylation is 1. The first-order valence-corrected chi connectivity index (χ1v) is 7.36. The second-order valence-corrected chi connectivity index (χ2v) is 6.65. The first-order chi connectivity index (χ1) is 9.81. The van der Waals surface area contributed by atoms with Crippen LogP contribution in [0.2, 0.25) is 0 Å². The Hall–Kier alpha value is -1.84. The largest absolute Gasteiger partial charge is 0.443 e. The molecule has 0 aliphatic heterocycles. The summed E-state index contributed by atoms with van der Waals surface area (Å²) in [5, 5.41) is 0. The fourth-order valence-corrected chi connectivity index (χ4v) is 2.31. The van der Waals surface area contributed by atoms with E-state index in [0.717, 1.165) is 24.7 Å². The lowest BCUT2D eigenvalue weighted by molar-refractivity contribution is -0.109. The van der Waals surface area contributed by atoms with Crippen molar-refractivity contribution >= 4 is 18.1 Å². The van der Waals surface area contributed by atoms with Gasteiger partial charge in [-0.1, -0.05) is 12.1 Å². The molecule has 1 aliphatic carbocycles. The number of benzene rings is 1. The summed E-state index contributed by atoms with van der Waals surface area (Å²) in [6.45, 7) is 7.44. The van der Waals surface area contributed by atoms with Crippen LogP contribution in [0.5, 0.6) is 0 Å². The Bertz CT molecular complexity index is 529. The Balaban J connectivity index is 2.33. The number of hydrogen-bond donors (Lipinski definition) is 0. The Labute approximate surface area is 126 Å². The van der Waals surface area contributed by atoms with Gasteiger partial charge >= 0.3 is 6.09 Å². The van der Waals surface area contributed by atoms with Gasteiger partial charge < -0.3 is 9.53 Å². The minimum Gasteiger partial charge on any atom is -0.443 e. The summed E-state index contributed by atoms with van der Waals surface area (Å²) in [7, 11) is 0. The van der Waals surface area contributed by atoms with E-state index >= 15 is 0 Å². The number of nitrogens with zero attached hydrogens (tertiary/aromatic N) is 1. The van der Waals surface area contributed by atoms with E-state index < -0.39 is 17.7 Å². The van der Waals surface area contributed by atoms with Crippen LogP contribution in [0, 0.1) is 12.8 Å². The molecule has 0 saturated heterocycles. The molecule has 1 aromatic carbocycles. The van der Waals surface area contributed by atoms with Crippen molar-refractivity contribution in [3.8, 4) is 0 Å². The molecule has 1 unspecified atom stereocenters. The molecule has 21 heavy (non-hydrogen) atoms. The first kappa shape index (κ1) is 15.5. The zero-order valence-corrected chi connectivity index (χ0v) is 13.1. The lowest BCUT2D eigenvalue weighted by Gasteiger charge is -2.31. The maximum absolute atomic E-state index is 12.5. The van der Waals surface area contributed by atoms with E-state index in [-0.39, 0.29) is 5.92 Å². The third-order valence-corrected chi connectivity index (χ3v) is 3.41. The van der Waals surface area contributed by atoms with Crippen molar-refractivity contribution in [2.75, 3.05) is 4.90 Å². The topological polar surface area (TPSA) is 46.6 Å². The highest BCUT2D eigenvalue weighted by Crippen LogP contribution is 2.37. The van der Waals surface area contributed by atoms with Gasteiger partial charge in [-0.25, -0.2) is 4.79 Å². The maximum Gasteiger partial charge on any atom is 0.415 e. The molecule has 1 saturated carbocycles. The van der Waals surface area contributed by atoms with E-state index in [1.165, 1.54) is 4.90 Å². The van der Waals surface area contributed by atoms with E-state index in [0.29, 0.717) is 5.69 Å². The second kappa shape index (κ2) is 5.88. The molecule has 4 heteroatoms. The van der Waals surface area contributed by atoms with E-state index in [2.05, 4.69) is 0 Å². The van der Waals surface area contributed by atoms with E-state index in [4.69, 9.17) is 4.74 Å². The molecule has 0 N–H and O–H groups in total. The number of hydrogen-bond acceptors (Lipinski definition) is 3. The standard InChI is InChI=1S/C17H23NO3/c1-12-6-5-7-14(10-12)18(15(11-19)13-8-9-13)16(20)21-17(2,3)4/h5-7,10-11,13,15H,8-9H2,1-4H3. The van der Waals surface area contributed by atoms with Crippen molar-refractivity contribution < 1.29 is 14.3 Å². The smallest absolute Gasteiger partial charge is 0.415 e. The van der Waals surface area contributed by atoms with Gasteiger partial charge in [0.2, 0.25) is 0 Å². The molecule has 0 spiro atoms. The van der Waals surface area contributed by atoms with Gasteiger partial charge in [0.25, 0.3) is 0 Å². The van der Waals surface area contributed by atoms with Gasteiger partial charge in [-0.2, -0.15) is 0 Å². The van der Waals surface area contributed by atoms with Crippen LogP contribution in [-0.2, 0) is 9.53 Å². The molecule has 1 amide bonds. The Morgan fingerprint density at radius 1 is 1.38 bits per heavy atom. The second-order valence-electron chi connectivity index (χ2n) is 6.65. The molecule has 0 radical (unpaired) electrons.